The number of hydrogen-bond donors (Lipinski definition) is 4. The van der Waals surface area contributed by atoms with Crippen LogP contribution in [0, 0.1) is 17.6 Å². The maximum absolute atomic E-state index is 13.3. The Morgan fingerprint density at radius 1 is 1.35 bits per heavy atom. The Labute approximate surface area is 98.0 Å². The van der Waals surface area contributed by atoms with E-state index >= 15 is 0 Å². The van der Waals surface area contributed by atoms with Gasteiger partial charge in [0.15, 0.2) is 23.3 Å². The third kappa shape index (κ3) is 3.50. The highest BCUT2D eigenvalue weighted by Gasteiger charge is 2.13. The summed E-state index contributed by atoms with van der Waals surface area (Å²) in [6, 6.07) is 0.673. The van der Waals surface area contributed by atoms with Crippen LogP contribution >= 0.6 is 0 Å². The van der Waals surface area contributed by atoms with E-state index in [1.54, 1.807) is 0 Å². The number of nitrogens with zero attached hydrogens (tertiary/aromatic N) is 1. The van der Waals surface area contributed by atoms with Crippen LogP contribution in [0.1, 0.15) is 13.8 Å². The number of nitrogen functional groups attached to an aromatic ring is 1. The van der Waals surface area contributed by atoms with Crippen molar-refractivity contribution in [1.29, 1.82) is 0 Å². The fourth-order valence-corrected chi connectivity index (χ4v) is 1.13. The van der Waals surface area contributed by atoms with Crippen LogP contribution in [0.15, 0.2) is 6.07 Å². The van der Waals surface area contributed by atoms with Crippen LogP contribution in [0.25, 0.3) is 0 Å². The number of aliphatic hydroxyl groups excluding tert-OH is 1. The Kier molecular flexibility index (Phi) is 4.59. The molecule has 1 aromatic rings. The molecule has 96 valence electrons. The number of nitrogens with one attached hydrogen (secondary N) is 2. The molecule has 0 saturated carbocycles. The summed E-state index contributed by atoms with van der Waals surface area (Å²) in [5.41, 5.74) is 2.02. The molecule has 0 saturated heterocycles. The molecule has 1 aromatic heterocycles. The topological polar surface area (TPSA) is 83.2 Å². The number of pyridine rings is 1. The van der Waals surface area contributed by atoms with E-state index in [4.69, 9.17) is 5.84 Å². The Balaban J connectivity index is 2.77. The third-order valence-electron chi connectivity index (χ3n) is 2.31. The normalized spacial score (nSPS) is 12.6. The van der Waals surface area contributed by atoms with Crippen molar-refractivity contribution < 1.29 is 13.9 Å². The van der Waals surface area contributed by atoms with Crippen LogP contribution in [0.2, 0.25) is 0 Å². The summed E-state index contributed by atoms with van der Waals surface area (Å²) in [5, 5.41) is 12.1. The van der Waals surface area contributed by atoms with Crippen molar-refractivity contribution in [2.75, 3.05) is 17.3 Å². The summed E-state index contributed by atoms with van der Waals surface area (Å²) < 4.78 is 26.3. The maximum Gasteiger partial charge on any atom is 0.178 e. The monoisotopic (exact) mass is 246 g/mol. The second kappa shape index (κ2) is 5.74. The second-order valence-electron chi connectivity index (χ2n) is 3.99. The van der Waals surface area contributed by atoms with Gasteiger partial charge in [-0.15, -0.1) is 0 Å². The van der Waals surface area contributed by atoms with E-state index < -0.39 is 17.7 Å². The van der Waals surface area contributed by atoms with Crippen LogP contribution in [0.5, 0.6) is 0 Å². The zero-order valence-electron chi connectivity index (χ0n) is 9.67. The molecule has 0 aliphatic heterocycles. The molecule has 5 N–H and O–H groups in total. The summed E-state index contributed by atoms with van der Waals surface area (Å²) in [7, 11) is 0. The number of aliphatic hydroxyl groups is 1. The van der Waals surface area contributed by atoms with Crippen LogP contribution in [0.3, 0.4) is 0 Å². The molecule has 0 aliphatic rings. The van der Waals surface area contributed by atoms with Gasteiger partial charge in [-0.3, -0.25) is 0 Å². The summed E-state index contributed by atoms with van der Waals surface area (Å²) in [6.07, 6.45) is -0.643. The van der Waals surface area contributed by atoms with E-state index in [1.807, 2.05) is 19.3 Å². The van der Waals surface area contributed by atoms with Crippen LogP contribution < -0.4 is 16.6 Å². The van der Waals surface area contributed by atoms with Crippen molar-refractivity contribution in [3.8, 4) is 0 Å². The highest BCUT2D eigenvalue weighted by Crippen LogP contribution is 2.18. The van der Waals surface area contributed by atoms with Gasteiger partial charge in [0, 0.05) is 12.6 Å². The predicted molar refractivity (Wildman–Crippen MR) is 61.3 cm³/mol. The quantitative estimate of drug-likeness (QED) is 0.461. The first-order valence-electron chi connectivity index (χ1n) is 5.20. The minimum Gasteiger partial charge on any atom is -0.391 e. The first-order chi connectivity index (χ1) is 7.95. The van der Waals surface area contributed by atoms with E-state index in [1.165, 1.54) is 0 Å². The van der Waals surface area contributed by atoms with E-state index in [0.29, 0.717) is 6.07 Å². The maximum atomic E-state index is 13.3. The lowest BCUT2D eigenvalue weighted by Crippen LogP contribution is -2.25. The standard InChI is InChI=1S/C10H16F2N4O/c1-5(2)8(17)4-14-9-6(11)3-7(12)10(15-9)16-13/h3,5,8,17H,4,13H2,1-2H3,(H2,14,15,16). The molecule has 1 atom stereocenters. The number of anilines is 2. The van der Waals surface area contributed by atoms with Crippen molar-refractivity contribution in [3.63, 3.8) is 0 Å². The van der Waals surface area contributed by atoms with Gasteiger partial charge in [-0.1, -0.05) is 13.8 Å². The van der Waals surface area contributed by atoms with Crippen molar-refractivity contribution in [2.24, 2.45) is 11.8 Å². The zero-order chi connectivity index (χ0) is 13.0. The lowest BCUT2D eigenvalue weighted by molar-refractivity contribution is 0.137. The molecule has 0 aromatic carbocycles. The number of hydrazine groups is 1. The van der Waals surface area contributed by atoms with Gasteiger partial charge in [-0.05, 0) is 5.92 Å². The van der Waals surface area contributed by atoms with Crippen molar-refractivity contribution in [2.45, 2.75) is 20.0 Å². The molecule has 0 radical (unpaired) electrons. The molecular weight excluding hydrogens is 230 g/mol. The minimum absolute atomic E-state index is 0.0260. The largest absolute Gasteiger partial charge is 0.391 e. The van der Waals surface area contributed by atoms with Gasteiger partial charge < -0.3 is 15.8 Å². The number of hydrogen-bond acceptors (Lipinski definition) is 5. The van der Waals surface area contributed by atoms with Gasteiger partial charge in [0.05, 0.1) is 6.10 Å². The van der Waals surface area contributed by atoms with Crippen molar-refractivity contribution >= 4 is 11.6 Å². The van der Waals surface area contributed by atoms with E-state index in [2.05, 4.69) is 10.3 Å². The van der Waals surface area contributed by atoms with E-state index in [-0.39, 0.29) is 24.1 Å². The smallest absolute Gasteiger partial charge is 0.178 e. The third-order valence-corrected chi connectivity index (χ3v) is 2.31. The van der Waals surface area contributed by atoms with E-state index in [9.17, 15) is 13.9 Å². The van der Waals surface area contributed by atoms with Gasteiger partial charge in [-0.2, -0.15) is 0 Å². The van der Waals surface area contributed by atoms with Crippen molar-refractivity contribution in [1.82, 2.24) is 4.98 Å². The Bertz CT molecular complexity index is 387. The first kappa shape index (κ1) is 13.6. The molecular formula is C10H16F2N4O. The number of rotatable bonds is 5. The lowest BCUT2D eigenvalue weighted by atomic mass is 10.1. The van der Waals surface area contributed by atoms with Gasteiger partial charge in [0.25, 0.3) is 0 Å². The second-order valence-corrected chi connectivity index (χ2v) is 3.99. The van der Waals surface area contributed by atoms with Gasteiger partial charge in [-0.25, -0.2) is 19.6 Å². The number of halogens is 2. The van der Waals surface area contributed by atoms with Gasteiger partial charge in [0.1, 0.15) is 0 Å². The predicted octanol–water partition coefficient (Wildman–Crippen LogP) is 1.07. The van der Waals surface area contributed by atoms with Crippen LogP contribution in [0.4, 0.5) is 20.4 Å². The molecule has 0 amide bonds. The Hall–Kier alpha value is -1.47. The number of nitrogens with two attached hydrogens (primary N) is 1. The van der Waals surface area contributed by atoms with Crippen molar-refractivity contribution in [3.05, 3.63) is 17.7 Å². The Morgan fingerprint density at radius 3 is 2.47 bits per heavy atom. The highest BCUT2D eigenvalue weighted by atomic mass is 19.1. The zero-order valence-corrected chi connectivity index (χ0v) is 9.67. The molecule has 0 spiro atoms. The van der Waals surface area contributed by atoms with E-state index in [0.717, 1.165) is 0 Å². The molecule has 7 heteroatoms. The molecule has 0 aliphatic carbocycles. The SMILES string of the molecule is CC(C)C(O)CNc1nc(NN)c(F)cc1F. The molecule has 5 nitrogen and oxygen atoms in total. The van der Waals surface area contributed by atoms with Gasteiger partial charge in [0.2, 0.25) is 0 Å². The molecule has 0 bridgehead atoms. The Morgan fingerprint density at radius 2 is 1.94 bits per heavy atom. The summed E-state index contributed by atoms with van der Waals surface area (Å²) >= 11 is 0. The average molecular weight is 246 g/mol. The summed E-state index contributed by atoms with van der Waals surface area (Å²) in [5.74, 6) is 2.93. The van der Waals surface area contributed by atoms with Crippen LogP contribution in [-0.4, -0.2) is 22.7 Å². The van der Waals surface area contributed by atoms with Crippen LogP contribution in [-0.2, 0) is 0 Å². The molecule has 1 rings (SSSR count). The lowest BCUT2D eigenvalue weighted by Gasteiger charge is -2.16. The minimum atomic E-state index is -0.875. The number of aromatic nitrogens is 1. The highest BCUT2D eigenvalue weighted by molar-refractivity contribution is 5.46. The summed E-state index contributed by atoms with van der Waals surface area (Å²) in [4.78, 5) is 3.61. The fraction of sp³-hybridized carbons (Fsp3) is 0.500. The fourth-order valence-electron chi connectivity index (χ4n) is 1.13. The van der Waals surface area contributed by atoms with Gasteiger partial charge >= 0.3 is 0 Å². The summed E-state index contributed by atoms with van der Waals surface area (Å²) in [6.45, 7) is 3.78. The average Bonchev–Trinajstić information content (AvgIpc) is 2.27. The molecule has 1 unspecified atom stereocenters. The molecule has 1 heterocycles. The molecule has 17 heavy (non-hydrogen) atoms. The molecule has 0 fully saturated rings. The first-order valence-corrected chi connectivity index (χ1v) is 5.20.